The number of benzene rings is 1. The molecule has 1 aromatic carbocycles. The summed E-state index contributed by atoms with van der Waals surface area (Å²) in [5.74, 6) is -1.36. The van der Waals surface area contributed by atoms with E-state index in [1.54, 1.807) is 12.1 Å². The molecule has 0 amide bonds. The lowest BCUT2D eigenvalue weighted by atomic mass is 10.2. The Morgan fingerprint density at radius 2 is 1.94 bits per heavy atom. The Balaban J connectivity index is 2.81. The van der Waals surface area contributed by atoms with Gasteiger partial charge in [0, 0.05) is 6.92 Å². The average molecular weight is 220 g/mol. The van der Waals surface area contributed by atoms with Crippen molar-refractivity contribution in [2.24, 2.45) is 0 Å². The number of hydrogen-bond donors (Lipinski definition) is 1. The van der Waals surface area contributed by atoms with Crippen molar-refractivity contribution >= 4 is 17.8 Å². The van der Waals surface area contributed by atoms with Crippen molar-refractivity contribution in [3.8, 4) is 0 Å². The van der Waals surface area contributed by atoms with Gasteiger partial charge < -0.3 is 9.84 Å². The van der Waals surface area contributed by atoms with Crippen molar-refractivity contribution in [1.82, 2.24) is 0 Å². The number of aliphatic carboxylic acids is 1. The highest BCUT2D eigenvalue weighted by Crippen LogP contribution is 2.08. The maximum absolute atomic E-state index is 11.2. The van der Waals surface area contributed by atoms with Crippen LogP contribution in [0.2, 0.25) is 0 Å². The first-order valence-corrected chi connectivity index (χ1v) is 4.72. The molecule has 0 aliphatic heterocycles. The summed E-state index contributed by atoms with van der Waals surface area (Å²) in [6, 6.07) is 9.09. The first-order valence-electron chi connectivity index (χ1n) is 4.72. The first kappa shape index (κ1) is 12.0. The van der Waals surface area contributed by atoms with E-state index >= 15 is 0 Å². The van der Waals surface area contributed by atoms with Gasteiger partial charge >= 0.3 is 5.97 Å². The molecule has 1 rings (SSSR count). The second-order valence-electron chi connectivity index (χ2n) is 3.16. The number of carboxylic acids is 1. The summed E-state index contributed by atoms with van der Waals surface area (Å²) in [6.07, 6.45) is 1.52. The number of ketones is 1. The van der Waals surface area contributed by atoms with Crippen LogP contribution in [0.1, 0.15) is 12.5 Å². The Hall–Kier alpha value is -2.10. The minimum atomic E-state index is -1.11. The molecule has 0 unspecified atom stereocenters. The fourth-order valence-corrected chi connectivity index (χ4v) is 1.09. The quantitative estimate of drug-likeness (QED) is 0.606. The monoisotopic (exact) mass is 220 g/mol. The molecule has 0 saturated carbocycles. The molecular formula is C12H12O4. The molecule has 0 heterocycles. The largest absolute Gasteiger partial charge is 0.479 e. The van der Waals surface area contributed by atoms with E-state index in [1.165, 1.54) is 13.0 Å². The standard InChI is InChI=1S/C12H12O4/c1-9(13)11(16-8-12(14)15)7-10-5-3-2-4-6-10/h2-7H,8H2,1H3,(H,14,15). The summed E-state index contributed by atoms with van der Waals surface area (Å²) in [5, 5.41) is 8.45. The molecule has 0 bridgehead atoms. The van der Waals surface area contributed by atoms with Gasteiger partial charge in [0.25, 0.3) is 0 Å². The molecule has 0 fully saturated rings. The van der Waals surface area contributed by atoms with Crippen LogP contribution in [-0.2, 0) is 14.3 Å². The first-order chi connectivity index (χ1) is 7.59. The van der Waals surface area contributed by atoms with E-state index in [9.17, 15) is 9.59 Å². The van der Waals surface area contributed by atoms with Gasteiger partial charge in [-0.05, 0) is 11.6 Å². The highest BCUT2D eigenvalue weighted by Gasteiger charge is 2.07. The molecule has 4 nitrogen and oxygen atoms in total. The zero-order valence-corrected chi connectivity index (χ0v) is 8.84. The third-order valence-corrected chi connectivity index (χ3v) is 1.80. The Morgan fingerprint density at radius 1 is 1.31 bits per heavy atom. The number of carbonyl (C=O) groups excluding carboxylic acids is 1. The van der Waals surface area contributed by atoms with Crippen LogP contribution in [-0.4, -0.2) is 23.5 Å². The van der Waals surface area contributed by atoms with E-state index in [-0.39, 0.29) is 11.5 Å². The Bertz CT molecular complexity index is 406. The van der Waals surface area contributed by atoms with Gasteiger partial charge in [0.1, 0.15) is 0 Å². The summed E-state index contributed by atoms with van der Waals surface area (Å²) in [5.41, 5.74) is 0.790. The number of allylic oxidation sites excluding steroid dienone is 1. The minimum absolute atomic E-state index is 0.0496. The maximum Gasteiger partial charge on any atom is 0.341 e. The van der Waals surface area contributed by atoms with E-state index in [0.717, 1.165) is 5.56 Å². The van der Waals surface area contributed by atoms with Gasteiger partial charge in [0.05, 0.1) is 0 Å². The van der Waals surface area contributed by atoms with Gasteiger partial charge in [-0.2, -0.15) is 0 Å². The summed E-state index contributed by atoms with van der Waals surface area (Å²) < 4.78 is 4.88. The van der Waals surface area contributed by atoms with Gasteiger partial charge in [-0.1, -0.05) is 30.3 Å². The lowest BCUT2D eigenvalue weighted by Crippen LogP contribution is -2.10. The summed E-state index contributed by atoms with van der Waals surface area (Å²) >= 11 is 0. The average Bonchev–Trinajstić information content (AvgIpc) is 2.25. The van der Waals surface area contributed by atoms with Crippen LogP contribution >= 0.6 is 0 Å². The number of Topliss-reactive ketones (excluding diaryl/α,β-unsaturated/α-hetero) is 1. The van der Waals surface area contributed by atoms with Crippen LogP contribution in [0.15, 0.2) is 36.1 Å². The van der Waals surface area contributed by atoms with Crippen LogP contribution in [0.25, 0.3) is 6.08 Å². The molecule has 0 aromatic heterocycles. The molecule has 4 heteroatoms. The number of carboxylic acid groups (broad SMARTS) is 1. The van der Waals surface area contributed by atoms with E-state index in [0.29, 0.717) is 0 Å². The number of hydrogen-bond acceptors (Lipinski definition) is 3. The van der Waals surface area contributed by atoms with E-state index in [2.05, 4.69) is 0 Å². The summed E-state index contributed by atoms with van der Waals surface area (Å²) in [6.45, 7) is 0.814. The van der Waals surface area contributed by atoms with Gasteiger partial charge in [0.15, 0.2) is 18.1 Å². The van der Waals surface area contributed by atoms with Crippen molar-refractivity contribution < 1.29 is 19.4 Å². The van der Waals surface area contributed by atoms with Crippen molar-refractivity contribution in [3.63, 3.8) is 0 Å². The predicted molar refractivity (Wildman–Crippen MR) is 58.7 cm³/mol. The Kier molecular flexibility index (Phi) is 4.27. The minimum Gasteiger partial charge on any atom is -0.479 e. The Labute approximate surface area is 93.2 Å². The molecule has 0 radical (unpaired) electrons. The number of rotatable bonds is 5. The van der Waals surface area contributed by atoms with Crippen molar-refractivity contribution in [2.75, 3.05) is 6.61 Å². The van der Waals surface area contributed by atoms with Gasteiger partial charge in [-0.15, -0.1) is 0 Å². The molecule has 1 aromatic rings. The van der Waals surface area contributed by atoms with Crippen molar-refractivity contribution in [1.29, 1.82) is 0 Å². The van der Waals surface area contributed by atoms with Crippen LogP contribution in [0.4, 0.5) is 0 Å². The molecule has 0 saturated heterocycles. The molecule has 0 aliphatic rings. The number of carbonyl (C=O) groups is 2. The molecule has 0 aliphatic carbocycles. The van der Waals surface area contributed by atoms with Crippen LogP contribution in [0.3, 0.4) is 0 Å². The fourth-order valence-electron chi connectivity index (χ4n) is 1.09. The molecule has 84 valence electrons. The second-order valence-corrected chi connectivity index (χ2v) is 3.16. The smallest absolute Gasteiger partial charge is 0.341 e. The Morgan fingerprint density at radius 3 is 2.44 bits per heavy atom. The van der Waals surface area contributed by atoms with Crippen LogP contribution < -0.4 is 0 Å². The second kappa shape index (κ2) is 5.70. The lowest BCUT2D eigenvalue weighted by molar-refractivity contribution is -0.141. The van der Waals surface area contributed by atoms with Gasteiger partial charge in [-0.3, -0.25) is 4.79 Å². The molecule has 0 atom stereocenters. The van der Waals surface area contributed by atoms with E-state index < -0.39 is 12.6 Å². The van der Waals surface area contributed by atoms with E-state index in [1.807, 2.05) is 18.2 Å². The van der Waals surface area contributed by atoms with Crippen LogP contribution in [0.5, 0.6) is 0 Å². The molecule has 0 spiro atoms. The summed E-state index contributed by atoms with van der Waals surface area (Å²) in [4.78, 5) is 21.5. The van der Waals surface area contributed by atoms with Crippen molar-refractivity contribution in [3.05, 3.63) is 41.7 Å². The molecular weight excluding hydrogens is 208 g/mol. The highest BCUT2D eigenvalue weighted by atomic mass is 16.5. The molecule has 16 heavy (non-hydrogen) atoms. The summed E-state index contributed by atoms with van der Waals surface area (Å²) in [7, 11) is 0. The maximum atomic E-state index is 11.2. The van der Waals surface area contributed by atoms with Gasteiger partial charge in [0.2, 0.25) is 0 Å². The molecule has 1 N–H and O–H groups in total. The van der Waals surface area contributed by atoms with Gasteiger partial charge in [-0.25, -0.2) is 4.79 Å². The zero-order chi connectivity index (χ0) is 12.0. The zero-order valence-electron chi connectivity index (χ0n) is 8.84. The number of ether oxygens (including phenoxy) is 1. The van der Waals surface area contributed by atoms with Crippen molar-refractivity contribution in [2.45, 2.75) is 6.92 Å². The fraction of sp³-hybridized carbons (Fsp3) is 0.167. The topological polar surface area (TPSA) is 63.6 Å². The third kappa shape index (κ3) is 3.96. The van der Waals surface area contributed by atoms with Crippen LogP contribution in [0, 0.1) is 0 Å². The normalized spacial score (nSPS) is 10.9. The SMILES string of the molecule is CC(=O)C(=Cc1ccccc1)OCC(=O)O. The van der Waals surface area contributed by atoms with E-state index in [4.69, 9.17) is 9.84 Å². The third-order valence-electron chi connectivity index (χ3n) is 1.80. The highest BCUT2D eigenvalue weighted by molar-refractivity contribution is 5.95. The predicted octanol–water partition coefficient (Wildman–Crippen LogP) is 1.72. The lowest BCUT2D eigenvalue weighted by Gasteiger charge is -2.04.